The Hall–Kier alpha value is -2.98. The van der Waals surface area contributed by atoms with Crippen molar-refractivity contribution in [1.82, 2.24) is 9.97 Å². The Labute approximate surface area is 165 Å². The fraction of sp³-hybridized carbons (Fsp3) is 0.286. The zero-order chi connectivity index (χ0) is 20.3. The van der Waals surface area contributed by atoms with Gasteiger partial charge in [0.15, 0.2) is 11.1 Å². The molecule has 3 aromatic rings. The Morgan fingerprint density at radius 2 is 1.57 bits per heavy atom. The molecular formula is C21H22N4O2S. The first-order valence-corrected chi connectivity index (χ1v) is 10.7. The fourth-order valence-corrected chi connectivity index (χ4v) is 4.46. The monoisotopic (exact) mass is 394 g/mol. The quantitative estimate of drug-likeness (QED) is 0.632. The molecule has 2 aromatic carbocycles. The smallest absolute Gasteiger partial charge is 0.200 e. The number of hydrogen-bond acceptors (Lipinski definition) is 6. The van der Waals surface area contributed by atoms with Crippen LogP contribution in [0.4, 0.5) is 5.82 Å². The number of rotatable bonds is 6. The molecule has 0 aliphatic heterocycles. The Morgan fingerprint density at radius 1 is 1.00 bits per heavy atom. The molecule has 144 valence electrons. The molecule has 7 heteroatoms. The van der Waals surface area contributed by atoms with E-state index in [9.17, 15) is 13.7 Å². The molecule has 1 atom stereocenters. The Balaban J connectivity index is 2.25. The number of nitriles is 1. The van der Waals surface area contributed by atoms with Crippen molar-refractivity contribution in [2.24, 2.45) is 0 Å². The molecule has 0 spiro atoms. The number of aryl methyl sites for hydroxylation is 1. The molecule has 0 aliphatic rings. The molecule has 0 aliphatic carbocycles. The van der Waals surface area contributed by atoms with Gasteiger partial charge in [-0.3, -0.25) is 0 Å². The van der Waals surface area contributed by atoms with E-state index in [2.05, 4.69) is 9.97 Å². The minimum atomic E-state index is -3.95. The van der Waals surface area contributed by atoms with Crippen LogP contribution in [0.3, 0.4) is 0 Å². The molecule has 0 saturated carbocycles. The van der Waals surface area contributed by atoms with Crippen LogP contribution in [0, 0.1) is 18.3 Å². The number of nitrogens with zero attached hydrogens (tertiary/aromatic N) is 4. The van der Waals surface area contributed by atoms with Gasteiger partial charge in [0.2, 0.25) is 9.84 Å². The van der Waals surface area contributed by atoms with E-state index in [1.807, 2.05) is 49.9 Å². The Morgan fingerprint density at radius 3 is 2.11 bits per heavy atom. The summed E-state index contributed by atoms with van der Waals surface area (Å²) in [5.41, 5.74) is 2.34. The Bertz CT molecular complexity index is 1130. The summed E-state index contributed by atoms with van der Waals surface area (Å²) in [6, 6.07) is 15.7. The highest BCUT2D eigenvalue weighted by Gasteiger charge is 2.34. The van der Waals surface area contributed by atoms with Gasteiger partial charge in [-0.15, -0.1) is 0 Å². The van der Waals surface area contributed by atoms with Gasteiger partial charge in [-0.05, 0) is 45.0 Å². The molecule has 6 nitrogen and oxygen atoms in total. The van der Waals surface area contributed by atoms with Crippen LogP contribution in [0.2, 0.25) is 0 Å². The highest BCUT2D eigenvalue weighted by molar-refractivity contribution is 7.92. The van der Waals surface area contributed by atoms with Crippen molar-refractivity contribution in [3.8, 4) is 6.07 Å². The number of sulfone groups is 1. The normalized spacial score (nSPS) is 12.5. The van der Waals surface area contributed by atoms with Crippen LogP contribution in [0.1, 0.15) is 30.4 Å². The van der Waals surface area contributed by atoms with Gasteiger partial charge < -0.3 is 4.90 Å². The summed E-state index contributed by atoms with van der Waals surface area (Å²) in [5, 5.41) is 8.40. The molecule has 0 N–H and O–H groups in total. The fourth-order valence-electron chi connectivity index (χ4n) is 3.08. The second-order valence-electron chi connectivity index (χ2n) is 6.46. The zero-order valence-electron chi connectivity index (χ0n) is 16.1. The largest absolute Gasteiger partial charge is 0.356 e. The second-order valence-corrected chi connectivity index (χ2v) is 8.49. The lowest BCUT2D eigenvalue weighted by molar-refractivity contribution is 0.590. The van der Waals surface area contributed by atoms with E-state index in [0.29, 0.717) is 29.9 Å². The van der Waals surface area contributed by atoms with Crippen molar-refractivity contribution in [3.63, 3.8) is 0 Å². The molecule has 0 radical (unpaired) electrons. The average Bonchev–Trinajstić information content (AvgIpc) is 2.69. The van der Waals surface area contributed by atoms with Crippen molar-refractivity contribution >= 4 is 26.7 Å². The lowest BCUT2D eigenvalue weighted by atomic mass is 10.2. The van der Waals surface area contributed by atoms with E-state index in [1.54, 1.807) is 18.2 Å². The molecule has 0 amide bonds. The van der Waals surface area contributed by atoms with Crippen molar-refractivity contribution < 1.29 is 8.42 Å². The van der Waals surface area contributed by atoms with E-state index in [4.69, 9.17) is 0 Å². The van der Waals surface area contributed by atoms with E-state index in [0.717, 1.165) is 5.56 Å². The molecule has 1 aromatic heterocycles. The van der Waals surface area contributed by atoms with Crippen LogP contribution in [0.15, 0.2) is 53.4 Å². The molecule has 0 bridgehead atoms. The van der Waals surface area contributed by atoms with Crippen molar-refractivity contribution in [2.75, 3.05) is 18.0 Å². The minimum absolute atomic E-state index is 0.102. The molecule has 28 heavy (non-hydrogen) atoms. The Kier molecular flexibility index (Phi) is 5.61. The van der Waals surface area contributed by atoms with Crippen LogP contribution in [0.5, 0.6) is 0 Å². The van der Waals surface area contributed by atoms with Crippen LogP contribution in [-0.4, -0.2) is 31.5 Å². The highest BCUT2D eigenvalue weighted by atomic mass is 32.2. The predicted molar refractivity (Wildman–Crippen MR) is 110 cm³/mol. The maximum Gasteiger partial charge on any atom is 0.200 e. The maximum atomic E-state index is 13.3. The zero-order valence-corrected chi connectivity index (χ0v) is 16.9. The molecule has 0 saturated heterocycles. The minimum Gasteiger partial charge on any atom is -0.356 e. The lowest BCUT2D eigenvalue weighted by Gasteiger charge is -2.24. The lowest BCUT2D eigenvalue weighted by Crippen LogP contribution is -2.27. The topological polar surface area (TPSA) is 86.9 Å². The standard InChI is InChI=1S/C21H22N4O2S/c1-4-25(5-2)21-20(23-17-8-6-7-9-18(17)24-21)19(14-22)28(26,27)16-12-10-15(3)11-13-16/h6-13,19H,4-5H2,1-3H3/t19-/m0/s1. The predicted octanol–water partition coefficient (Wildman–Crippen LogP) is 3.82. The third-order valence-corrected chi connectivity index (χ3v) is 6.54. The summed E-state index contributed by atoms with van der Waals surface area (Å²) in [7, 11) is -3.95. The number of aromatic nitrogens is 2. The third-order valence-electron chi connectivity index (χ3n) is 4.67. The van der Waals surface area contributed by atoms with E-state index in [1.165, 1.54) is 12.1 Å². The summed E-state index contributed by atoms with van der Waals surface area (Å²) in [5.74, 6) is 0.436. The summed E-state index contributed by atoms with van der Waals surface area (Å²) >= 11 is 0. The molecule has 0 fully saturated rings. The van der Waals surface area contributed by atoms with Gasteiger partial charge in [0, 0.05) is 13.1 Å². The maximum absolute atomic E-state index is 13.3. The van der Waals surface area contributed by atoms with Crippen LogP contribution >= 0.6 is 0 Å². The number of benzene rings is 2. The third kappa shape index (κ3) is 3.56. The first-order valence-electron chi connectivity index (χ1n) is 9.14. The first-order chi connectivity index (χ1) is 13.4. The number of fused-ring (bicyclic) bond motifs is 1. The summed E-state index contributed by atoms with van der Waals surface area (Å²) < 4.78 is 26.5. The van der Waals surface area contributed by atoms with Crippen molar-refractivity contribution in [2.45, 2.75) is 30.9 Å². The van der Waals surface area contributed by atoms with Gasteiger partial charge in [-0.1, -0.05) is 29.8 Å². The average molecular weight is 395 g/mol. The first kappa shape index (κ1) is 19.8. The van der Waals surface area contributed by atoms with Crippen LogP contribution in [0.25, 0.3) is 11.0 Å². The van der Waals surface area contributed by atoms with Crippen molar-refractivity contribution in [1.29, 1.82) is 5.26 Å². The molecule has 3 rings (SSSR count). The summed E-state index contributed by atoms with van der Waals surface area (Å²) in [6.07, 6.45) is 0. The van der Waals surface area contributed by atoms with Crippen molar-refractivity contribution in [3.05, 3.63) is 59.8 Å². The van der Waals surface area contributed by atoms with Crippen LogP contribution < -0.4 is 4.90 Å². The number of hydrogen-bond donors (Lipinski definition) is 0. The van der Waals surface area contributed by atoms with E-state index >= 15 is 0 Å². The molecular weight excluding hydrogens is 372 g/mol. The molecule has 0 unspecified atom stereocenters. The van der Waals surface area contributed by atoms with Crippen LogP contribution in [-0.2, 0) is 9.84 Å². The van der Waals surface area contributed by atoms with Gasteiger partial charge in [0.1, 0.15) is 5.69 Å². The van der Waals surface area contributed by atoms with E-state index < -0.39 is 15.1 Å². The highest BCUT2D eigenvalue weighted by Crippen LogP contribution is 2.33. The van der Waals surface area contributed by atoms with Gasteiger partial charge in [0.25, 0.3) is 0 Å². The van der Waals surface area contributed by atoms with Gasteiger partial charge >= 0.3 is 0 Å². The number of anilines is 1. The number of para-hydroxylation sites is 2. The second kappa shape index (κ2) is 7.95. The summed E-state index contributed by atoms with van der Waals surface area (Å²) in [4.78, 5) is 11.2. The van der Waals surface area contributed by atoms with Gasteiger partial charge in [-0.2, -0.15) is 5.26 Å². The molecule has 1 heterocycles. The van der Waals surface area contributed by atoms with E-state index in [-0.39, 0.29) is 10.6 Å². The van der Waals surface area contributed by atoms with Gasteiger partial charge in [0.05, 0.1) is 22.0 Å². The SMILES string of the molecule is CCN(CC)c1nc2ccccc2nc1[C@H](C#N)S(=O)(=O)c1ccc(C)cc1. The summed E-state index contributed by atoms with van der Waals surface area (Å²) in [6.45, 7) is 7.05. The van der Waals surface area contributed by atoms with Gasteiger partial charge in [-0.25, -0.2) is 18.4 Å².